The molecular formula is C16H19BrClN3O2. The lowest BCUT2D eigenvalue weighted by Gasteiger charge is -2.29. The standard InChI is InChI=1S/C16H18BrN3O2.ClH/c1-16(8-18,9-2-3-9)20-15(22)12-7-14(21)19-13-5-4-10(17)6-11(12)13;/h4-7,9H,2-3,8,18H2,1H3,(H,19,21)(H,20,22);1H. The summed E-state index contributed by atoms with van der Waals surface area (Å²) in [7, 11) is 0. The Labute approximate surface area is 148 Å². The number of aromatic amines is 1. The highest BCUT2D eigenvalue weighted by Crippen LogP contribution is 2.39. The van der Waals surface area contributed by atoms with E-state index in [2.05, 4.69) is 26.2 Å². The van der Waals surface area contributed by atoms with Crippen LogP contribution < -0.4 is 16.6 Å². The van der Waals surface area contributed by atoms with Crippen LogP contribution in [-0.4, -0.2) is 23.0 Å². The number of carbonyl (C=O) groups is 1. The fourth-order valence-electron chi connectivity index (χ4n) is 2.78. The average molecular weight is 401 g/mol. The van der Waals surface area contributed by atoms with Gasteiger partial charge in [0.1, 0.15) is 0 Å². The van der Waals surface area contributed by atoms with Crippen molar-refractivity contribution >= 4 is 45.1 Å². The smallest absolute Gasteiger partial charge is 0.252 e. The van der Waals surface area contributed by atoms with Crippen molar-refractivity contribution in [3.63, 3.8) is 0 Å². The molecule has 1 heterocycles. The molecule has 4 N–H and O–H groups in total. The highest BCUT2D eigenvalue weighted by Gasteiger charge is 2.41. The lowest BCUT2D eigenvalue weighted by Crippen LogP contribution is -2.53. The second-order valence-corrected chi connectivity index (χ2v) is 7.00. The zero-order valence-electron chi connectivity index (χ0n) is 12.7. The normalized spacial score (nSPS) is 16.5. The van der Waals surface area contributed by atoms with E-state index in [4.69, 9.17) is 5.73 Å². The number of amides is 1. The van der Waals surface area contributed by atoms with Crippen LogP contribution in [0.3, 0.4) is 0 Å². The molecule has 1 aliphatic carbocycles. The van der Waals surface area contributed by atoms with Crippen molar-refractivity contribution in [3.05, 3.63) is 44.7 Å². The lowest BCUT2D eigenvalue weighted by molar-refractivity contribution is 0.0899. The molecule has 124 valence electrons. The third kappa shape index (κ3) is 3.59. The Morgan fingerprint density at radius 2 is 2.13 bits per heavy atom. The van der Waals surface area contributed by atoms with Crippen molar-refractivity contribution in [2.45, 2.75) is 25.3 Å². The fourth-order valence-corrected chi connectivity index (χ4v) is 3.14. The Morgan fingerprint density at radius 3 is 2.74 bits per heavy atom. The molecule has 1 aromatic heterocycles. The van der Waals surface area contributed by atoms with E-state index in [9.17, 15) is 9.59 Å². The van der Waals surface area contributed by atoms with Gasteiger partial charge in [0.2, 0.25) is 5.56 Å². The zero-order chi connectivity index (χ0) is 15.9. The van der Waals surface area contributed by atoms with Gasteiger partial charge in [-0.2, -0.15) is 0 Å². The highest BCUT2D eigenvalue weighted by atomic mass is 79.9. The Kier molecular flexibility index (Phi) is 5.18. The Balaban J connectivity index is 0.00000192. The van der Waals surface area contributed by atoms with Crippen LogP contribution in [0.15, 0.2) is 33.5 Å². The number of pyridine rings is 1. The van der Waals surface area contributed by atoms with E-state index in [1.165, 1.54) is 6.07 Å². The van der Waals surface area contributed by atoms with Gasteiger partial charge in [0.25, 0.3) is 5.91 Å². The first-order valence-electron chi connectivity index (χ1n) is 7.28. The molecule has 0 bridgehead atoms. The van der Waals surface area contributed by atoms with Gasteiger partial charge in [0.05, 0.1) is 11.1 Å². The Morgan fingerprint density at radius 1 is 1.43 bits per heavy atom. The van der Waals surface area contributed by atoms with Gasteiger partial charge in [0, 0.05) is 28.0 Å². The van der Waals surface area contributed by atoms with Crippen molar-refractivity contribution in [3.8, 4) is 0 Å². The molecule has 7 heteroatoms. The van der Waals surface area contributed by atoms with E-state index in [1.807, 2.05) is 19.1 Å². The first-order valence-corrected chi connectivity index (χ1v) is 8.07. The van der Waals surface area contributed by atoms with Crippen LogP contribution in [0.4, 0.5) is 0 Å². The van der Waals surface area contributed by atoms with Crippen molar-refractivity contribution in [2.75, 3.05) is 6.54 Å². The number of rotatable bonds is 4. The summed E-state index contributed by atoms with van der Waals surface area (Å²) in [6, 6.07) is 6.78. The number of H-pyrrole nitrogens is 1. The minimum atomic E-state index is -0.419. The average Bonchev–Trinajstić information content (AvgIpc) is 3.31. The lowest BCUT2D eigenvalue weighted by atomic mass is 9.95. The van der Waals surface area contributed by atoms with Crippen molar-refractivity contribution in [1.82, 2.24) is 10.3 Å². The van der Waals surface area contributed by atoms with Crippen LogP contribution in [0.1, 0.15) is 30.1 Å². The number of hydrogen-bond acceptors (Lipinski definition) is 3. The maximum Gasteiger partial charge on any atom is 0.252 e. The van der Waals surface area contributed by atoms with E-state index >= 15 is 0 Å². The Bertz CT molecular complexity index is 804. The summed E-state index contributed by atoms with van der Waals surface area (Å²) in [5.74, 6) is 0.162. The molecule has 0 radical (unpaired) electrons. The summed E-state index contributed by atoms with van der Waals surface area (Å²) in [6.45, 7) is 2.35. The molecule has 0 aliphatic heterocycles. The number of nitrogens with two attached hydrogens (primary N) is 1. The summed E-state index contributed by atoms with van der Waals surface area (Å²) in [5, 5.41) is 3.74. The van der Waals surface area contributed by atoms with Crippen molar-refractivity contribution < 1.29 is 4.79 Å². The van der Waals surface area contributed by atoms with Gasteiger partial charge in [-0.05, 0) is 43.9 Å². The molecule has 1 amide bonds. The van der Waals surface area contributed by atoms with Crippen LogP contribution in [0.5, 0.6) is 0 Å². The summed E-state index contributed by atoms with van der Waals surface area (Å²) in [4.78, 5) is 27.2. The molecule has 1 fully saturated rings. The van der Waals surface area contributed by atoms with Gasteiger partial charge in [-0.15, -0.1) is 12.4 Å². The number of carbonyl (C=O) groups excluding carboxylic acids is 1. The van der Waals surface area contributed by atoms with E-state index < -0.39 is 5.54 Å². The monoisotopic (exact) mass is 399 g/mol. The topological polar surface area (TPSA) is 88.0 Å². The van der Waals surface area contributed by atoms with Crippen LogP contribution in [0.25, 0.3) is 10.9 Å². The summed E-state index contributed by atoms with van der Waals surface area (Å²) in [5.41, 5.74) is 6.16. The molecule has 2 aromatic rings. The van der Waals surface area contributed by atoms with E-state index in [0.717, 1.165) is 17.3 Å². The van der Waals surface area contributed by atoms with E-state index in [0.29, 0.717) is 28.9 Å². The molecule has 3 rings (SSSR count). The summed E-state index contributed by atoms with van der Waals surface area (Å²) >= 11 is 3.40. The summed E-state index contributed by atoms with van der Waals surface area (Å²) < 4.78 is 0.852. The van der Waals surface area contributed by atoms with Crippen LogP contribution in [0, 0.1) is 5.92 Å². The second kappa shape index (κ2) is 6.63. The van der Waals surface area contributed by atoms with Gasteiger partial charge in [-0.1, -0.05) is 15.9 Å². The van der Waals surface area contributed by atoms with Crippen LogP contribution in [0.2, 0.25) is 0 Å². The number of benzene rings is 1. The molecule has 1 unspecified atom stereocenters. The van der Waals surface area contributed by atoms with Gasteiger partial charge >= 0.3 is 0 Å². The number of halogens is 2. The minimum Gasteiger partial charge on any atom is -0.345 e. The molecular weight excluding hydrogens is 382 g/mol. The molecule has 0 saturated heterocycles. The minimum absolute atomic E-state index is 0. The Hall–Kier alpha value is -1.37. The molecule has 1 saturated carbocycles. The number of fused-ring (bicyclic) bond motifs is 1. The summed E-state index contributed by atoms with van der Waals surface area (Å²) in [6.07, 6.45) is 2.16. The van der Waals surface area contributed by atoms with E-state index in [-0.39, 0.29) is 23.9 Å². The number of nitrogens with one attached hydrogen (secondary N) is 2. The molecule has 23 heavy (non-hydrogen) atoms. The molecule has 1 aromatic carbocycles. The fraction of sp³-hybridized carbons (Fsp3) is 0.375. The number of aromatic nitrogens is 1. The first kappa shape index (κ1) is 18.0. The molecule has 1 atom stereocenters. The third-order valence-electron chi connectivity index (χ3n) is 4.35. The molecule has 1 aliphatic rings. The van der Waals surface area contributed by atoms with Crippen LogP contribution in [-0.2, 0) is 0 Å². The van der Waals surface area contributed by atoms with Crippen molar-refractivity contribution in [2.24, 2.45) is 11.7 Å². The quantitative estimate of drug-likeness (QED) is 0.737. The predicted molar refractivity (Wildman–Crippen MR) is 97.2 cm³/mol. The maximum absolute atomic E-state index is 12.7. The molecule has 0 spiro atoms. The largest absolute Gasteiger partial charge is 0.345 e. The zero-order valence-corrected chi connectivity index (χ0v) is 15.1. The van der Waals surface area contributed by atoms with Gasteiger partial charge in [-0.25, -0.2) is 0 Å². The second-order valence-electron chi connectivity index (χ2n) is 6.09. The van der Waals surface area contributed by atoms with Crippen molar-refractivity contribution in [1.29, 1.82) is 0 Å². The first-order chi connectivity index (χ1) is 10.4. The van der Waals surface area contributed by atoms with E-state index in [1.54, 1.807) is 6.07 Å². The number of hydrogen-bond donors (Lipinski definition) is 3. The van der Waals surface area contributed by atoms with Gasteiger partial charge < -0.3 is 16.0 Å². The SMILES string of the molecule is CC(CN)(NC(=O)c1cc(=O)[nH]c2ccc(Br)cc12)C1CC1.Cl. The van der Waals surface area contributed by atoms with Gasteiger partial charge in [0.15, 0.2) is 0 Å². The maximum atomic E-state index is 12.7. The van der Waals surface area contributed by atoms with Crippen LogP contribution >= 0.6 is 28.3 Å². The molecule has 5 nitrogen and oxygen atoms in total. The predicted octanol–water partition coefficient (Wildman–Crippen LogP) is 2.57. The highest BCUT2D eigenvalue weighted by molar-refractivity contribution is 9.10. The third-order valence-corrected chi connectivity index (χ3v) is 4.84. The van der Waals surface area contributed by atoms with Gasteiger partial charge in [-0.3, -0.25) is 9.59 Å².